The number of rotatable bonds is 21. The Kier molecular flexibility index (Phi) is 30.9. The second-order valence-electron chi connectivity index (χ2n) is 24.0. The number of benzene rings is 4. The van der Waals surface area contributed by atoms with E-state index in [2.05, 4.69) is 6.11 Å². The molecule has 0 aliphatic carbocycles. The highest BCUT2D eigenvalue weighted by molar-refractivity contribution is 7.12. The number of aromatic hydroxyl groups is 1. The molecule has 4 aliphatic heterocycles. The van der Waals surface area contributed by atoms with Crippen molar-refractivity contribution in [2.24, 2.45) is 0 Å². The molecule has 572 valence electrons. The fraction of sp³-hybridized carbons (Fsp3) is 0.333. The van der Waals surface area contributed by atoms with Gasteiger partial charge in [0.1, 0.15) is 144 Å². The molecule has 4 aliphatic rings. The topological polar surface area (TPSA) is 427 Å². The quantitative estimate of drug-likeness (QED) is 0.0421. The Morgan fingerprint density at radius 2 is 0.623 bits per heavy atom. The van der Waals surface area contributed by atoms with E-state index >= 15 is 0 Å². The zero-order valence-corrected chi connectivity index (χ0v) is 59.5. The summed E-state index contributed by atoms with van der Waals surface area (Å²) in [6.45, 7) is -0.0117. The second kappa shape index (κ2) is 39.8. The van der Waals surface area contributed by atoms with Crippen LogP contribution in [-0.4, -0.2) is 236 Å². The zero-order valence-electron chi connectivity index (χ0n) is 56.2. The van der Waals surface area contributed by atoms with Crippen LogP contribution in [0.5, 0.6) is 34.5 Å². The number of ether oxygens (including phenoxy) is 9. The fourth-order valence-electron chi connectivity index (χ4n) is 10.5. The van der Waals surface area contributed by atoms with Gasteiger partial charge in [0.25, 0.3) is 0 Å². The molecule has 0 spiro atoms. The molecule has 4 saturated heterocycles. The Hall–Kier alpha value is -7.87. The van der Waals surface area contributed by atoms with E-state index in [1.165, 1.54) is 63.0 Å². The number of terminal acetylenes is 1. The Labute approximate surface area is 626 Å². The first-order chi connectivity index (χ1) is 51.0. The maximum absolute atomic E-state index is 12.9. The second-order valence-corrected chi connectivity index (χ2v) is 27.8. The normalized spacial score (nSPS) is 28.7. The van der Waals surface area contributed by atoms with E-state index in [-0.39, 0.29) is 14.4 Å². The highest BCUT2D eigenvalue weighted by atomic mass is 32.1. The molecule has 17 N–H and O–H groups in total. The van der Waals surface area contributed by atoms with Crippen molar-refractivity contribution in [2.45, 2.75) is 130 Å². The van der Waals surface area contributed by atoms with Crippen LogP contribution in [0.3, 0.4) is 0 Å². The number of phenols is 1. The Balaban J connectivity index is 0.000000199. The van der Waals surface area contributed by atoms with Crippen molar-refractivity contribution in [2.75, 3.05) is 26.4 Å². The van der Waals surface area contributed by atoms with Gasteiger partial charge in [-0.15, -0.1) is 45.3 Å². The van der Waals surface area contributed by atoms with Crippen molar-refractivity contribution < 1.29 is 137 Å². The molecule has 0 saturated carbocycles. The molecule has 106 heavy (non-hydrogen) atoms. The van der Waals surface area contributed by atoms with Crippen molar-refractivity contribution in [3.05, 3.63) is 196 Å². The molecule has 12 rings (SSSR count). The van der Waals surface area contributed by atoms with E-state index in [0.717, 1.165) is 41.8 Å². The molecule has 20 atom stereocenters. The number of phenolic OH excluding ortho intramolecular Hbond substituents is 1. The molecular weight excluding hydrogens is 1460 g/mol. The molecule has 0 amide bonds. The lowest BCUT2D eigenvalue weighted by atomic mass is 9.99. The lowest BCUT2D eigenvalue weighted by molar-refractivity contribution is -0.277. The Morgan fingerprint density at radius 1 is 0.368 bits per heavy atom. The average Bonchev–Trinajstić information content (AvgIpc) is 1.28. The van der Waals surface area contributed by atoms with Crippen LogP contribution in [0.1, 0.15) is 50.2 Å². The minimum absolute atomic E-state index is 0. The van der Waals surface area contributed by atoms with Crippen LogP contribution in [0.2, 0.25) is 0 Å². The zero-order chi connectivity index (χ0) is 76.1. The van der Waals surface area contributed by atoms with Crippen LogP contribution in [0.25, 0.3) is 48.6 Å². The fourth-order valence-corrected chi connectivity index (χ4v) is 13.4. The van der Waals surface area contributed by atoms with Gasteiger partial charge in [0.15, 0.2) is 0 Å². The van der Waals surface area contributed by atoms with Gasteiger partial charge in [0, 0.05) is 2.85 Å². The number of aliphatic hydroxyl groups excluding tert-OH is 16. The van der Waals surface area contributed by atoms with Gasteiger partial charge in [-0.05, 0) is 136 Å². The number of thiophene rings is 4. The van der Waals surface area contributed by atoms with Crippen LogP contribution >= 0.6 is 45.3 Å². The number of aliphatic hydroxyl groups is 16. The first kappa shape index (κ1) is 82.2. The number of hydrogen-bond acceptors (Lipinski definition) is 30. The van der Waals surface area contributed by atoms with Gasteiger partial charge < -0.3 is 129 Å². The van der Waals surface area contributed by atoms with E-state index < -0.39 is 149 Å². The van der Waals surface area contributed by atoms with Crippen molar-refractivity contribution in [1.82, 2.24) is 0 Å². The lowest BCUT2D eigenvalue weighted by Gasteiger charge is -2.39. The smallest absolute Gasteiger partial charge is 0.229 e. The molecule has 4 fully saturated rings. The molecule has 0 radical (unpaired) electrons. The molecule has 4 aromatic heterocycles. The van der Waals surface area contributed by atoms with Crippen molar-refractivity contribution in [1.29, 1.82) is 0 Å². The summed E-state index contributed by atoms with van der Waals surface area (Å²) in [5.41, 5.74) is 4.83. The third-order valence-corrected chi connectivity index (χ3v) is 20.1. The van der Waals surface area contributed by atoms with Crippen LogP contribution < -0.4 is 23.7 Å². The summed E-state index contributed by atoms with van der Waals surface area (Å²) in [6.07, 6.45) is -4.43. The van der Waals surface area contributed by atoms with E-state index in [4.69, 9.17) is 49.1 Å². The molecule has 4 aromatic carbocycles. The largest absolute Gasteiger partial charge is 0.508 e. The van der Waals surface area contributed by atoms with E-state index in [0.29, 0.717) is 28.7 Å². The van der Waals surface area contributed by atoms with Crippen molar-refractivity contribution in [3.8, 4) is 47.0 Å². The average molecular weight is 1550 g/mol. The Morgan fingerprint density at radius 3 is 0.887 bits per heavy atom. The highest BCUT2D eigenvalue weighted by Gasteiger charge is 2.48. The molecule has 0 bridgehead atoms. The first-order valence-corrected chi connectivity index (χ1v) is 36.3. The maximum atomic E-state index is 12.9. The molecule has 26 nitrogen and oxygen atoms in total. The van der Waals surface area contributed by atoms with Crippen LogP contribution in [0.15, 0.2) is 143 Å². The number of hydrogen-bond donors (Lipinski definition) is 17. The van der Waals surface area contributed by atoms with Gasteiger partial charge in [0.05, 0.1) is 45.9 Å². The van der Waals surface area contributed by atoms with E-state index in [1.807, 2.05) is 90.5 Å². The molecule has 20 unspecified atom stereocenters. The molecule has 8 aromatic rings. The standard InChI is InChI=1S/C20H20O7S.C19H22O6S.C18H19FO6S.C18H20O7S.2H2/c1-2-25-13-6-3-12(4-7-13)5-8-16-14(9-10-28-16)26-20-19(24)18(23)17(22)15(11-21)27-20;1-11-2-4-12(5-3-11)6-7-15-13(8-9-26-15)24-19-18(23)17(22)16(21)14(10-20)25-19;19-11-4-1-10(2-5-11)3-6-14-12(7-8-26-14)24-18-17(23)16(22)15(21)13(9-20)25-18;19-9-13-15(21)16(22)17(23)18(25-13)24-12-7-8-26-14(12)6-3-10-1-4-11(20)5-2-10;;/h1,3-10,15,17-24H,11H2;2-9,14,16-23H,10H2,1H3;1-8,13,15-18,20-23H,9H2;1-8,13,15-23H,9H2;2*1H/b8-5+;7-6+;2*6-3+;;. The minimum Gasteiger partial charge on any atom is -0.508 e. The maximum Gasteiger partial charge on any atom is 0.229 e. The predicted octanol–water partition coefficient (Wildman–Crippen LogP) is 5.00. The molecule has 8 heterocycles. The molecule has 31 heteroatoms. The van der Waals surface area contributed by atoms with Gasteiger partial charge in [-0.1, -0.05) is 97.0 Å². The third-order valence-electron chi connectivity index (χ3n) is 16.6. The van der Waals surface area contributed by atoms with Gasteiger partial charge >= 0.3 is 0 Å². The van der Waals surface area contributed by atoms with Gasteiger partial charge in [-0.25, -0.2) is 4.39 Å². The summed E-state index contributed by atoms with van der Waals surface area (Å²) >= 11 is 5.67. The van der Waals surface area contributed by atoms with Crippen molar-refractivity contribution in [3.63, 3.8) is 0 Å². The predicted molar refractivity (Wildman–Crippen MR) is 396 cm³/mol. The van der Waals surface area contributed by atoms with E-state index in [1.54, 1.807) is 95.7 Å². The van der Waals surface area contributed by atoms with Gasteiger partial charge in [0.2, 0.25) is 25.2 Å². The van der Waals surface area contributed by atoms with E-state index in [9.17, 15) is 91.2 Å². The lowest BCUT2D eigenvalue weighted by Crippen LogP contribution is -2.60. The van der Waals surface area contributed by atoms with Gasteiger partial charge in [-0.2, -0.15) is 0 Å². The summed E-state index contributed by atoms with van der Waals surface area (Å²) in [7, 11) is 0. The van der Waals surface area contributed by atoms with Crippen LogP contribution in [0, 0.1) is 25.3 Å². The summed E-state index contributed by atoms with van der Waals surface area (Å²) < 4.78 is 62.1. The highest BCUT2D eigenvalue weighted by Crippen LogP contribution is 2.37. The minimum atomic E-state index is -1.50. The summed E-state index contributed by atoms with van der Waals surface area (Å²) in [5.74, 6) is 2.23. The van der Waals surface area contributed by atoms with Crippen LogP contribution in [0.4, 0.5) is 4.39 Å². The third kappa shape index (κ3) is 21.9. The summed E-state index contributed by atoms with van der Waals surface area (Å²) in [6, 6.07) is 34.8. The van der Waals surface area contributed by atoms with Crippen LogP contribution in [-0.2, 0) is 18.9 Å². The summed E-state index contributed by atoms with van der Waals surface area (Å²) in [5, 5.41) is 172. The number of halogens is 1. The van der Waals surface area contributed by atoms with Gasteiger partial charge in [-0.3, -0.25) is 0 Å². The Bertz CT molecular complexity index is 3820. The molecular formula is C75H85FO26S4. The number of aryl methyl sites for hydroxylation is 1. The SMILES string of the molecule is C#COc1ccc(/C=C/c2sccc2OC2OC(CO)C(O)C(O)C2O)cc1.Cc1ccc(/C=C/c2sccc2OC2OC(CO)C(O)C(O)C2O)cc1.OCC1OC(Oc2ccsc2/C=C/c2ccc(F)cc2)C(O)C(O)C1O.OCC1OC(Oc2ccsc2/C=C/c2ccc(O)cc2)C(O)C(O)C1O.[HH].[HH]. The monoisotopic (exact) mass is 1550 g/mol. The van der Waals surface area contributed by atoms with Crippen molar-refractivity contribution >= 4 is 94.0 Å². The summed E-state index contributed by atoms with van der Waals surface area (Å²) in [4.78, 5) is 3.07. The first-order valence-electron chi connectivity index (χ1n) is 32.8.